The molecule has 1 aromatic heterocycles. The molecule has 1 unspecified atom stereocenters. The lowest BCUT2D eigenvalue weighted by atomic mass is 10.1. The third kappa shape index (κ3) is 4.54. The number of aliphatic hydroxyl groups is 1. The Morgan fingerprint density at radius 2 is 2.00 bits per heavy atom. The number of carbonyl (C=O) groups is 1. The van der Waals surface area contributed by atoms with Gasteiger partial charge in [-0.2, -0.15) is 0 Å². The van der Waals surface area contributed by atoms with Crippen LogP contribution in [-0.4, -0.2) is 22.7 Å². The summed E-state index contributed by atoms with van der Waals surface area (Å²) in [5, 5.41) is 15.0. The molecule has 2 aromatic rings. The number of urea groups is 1. The van der Waals surface area contributed by atoms with Crippen molar-refractivity contribution < 1.29 is 14.3 Å². The van der Waals surface area contributed by atoms with Crippen LogP contribution in [0.4, 0.5) is 15.0 Å². The highest BCUT2D eigenvalue weighted by Crippen LogP contribution is 2.12. The van der Waals surface area contributed by atoms with E-state index in [-0.39, 0.29) is 12.4 Å². The maximum Gasteiger partial charge on any atom is 0.320 e. The molecule has 2 rings (SSSR count). The highest BCUT2D eigenvalue weighted by Gasteiger charge is 2.10. The van der Waals surface area contributed by atoms with E-state index in [0.717, 1.165) is 5.56 Å². The molecule has 1 atom stereocenters. The number of nitrogens with one attached hydrogen (secondary N) is 2. The van der Waals surface area contributed by atoms with E-state index >= 15 is 0 Å². The molecule has 0 bridgehead atoms. The second-order valence-electron chi connectivity index (χ2n) is 4.62. The number of benzene rings is 1. The van der Waals surface area contributed by atoms with Crippen LogP contribution in [0.2, 0.25) is 0 Å². The smallest absolute Gasteiger partial charge is 0.320 e. The fourth-order valence-corrected chi connectivity index (χ4v) is 1.69. The van der Waals surface area contributed by atoms with Crippen molar-refractivity contribution in [2.75, 3.05) is 11.9 Å². The molecule has 6 heteroatoms. The third-order valence-electron chi connectivity index (χ3n) is 2.86. The van der Waals surface area contributed by atoms with E-state index in [1.807, 2.05) is 13.0 Å². The summed E-state index contributed by atoms with van der Waals surface area (Å²) < 4.78 is 12.8. The fraction of sp³-hybridized carbons (Fsp3) is 0.200. The van der Waals surface area contributed by atoms with Crippen LogP contribution in [-0.2, 0) is 0 Å². The highest BCUT2D eigenvalue weighted by atomic mass is 19.1. The quantitative estimate of drug-likeness (QED) is 0.809. The Hall–Kier alpha value is -2.47. The normalized spacial score (nSPS) is 11.8. The van der Waals surface area contributed by atoms with Gasteiger partial charge in [-0.25, -0.2) is 14.2 Å². The van der Waals surface area contributed by atoms with Crippen molar-refractivity contribution in [2.24, 2.45) is 0 Å². The molecule has 1 aromatic carbocycles. The van der Waals surface area contributed by atoms with Gasteiger partial charge in [-0.15, -0.1) is 0 Å². The van der Waals surface area contributed by atoms with Crippen LogP contribution in [0.25, 0.3) is 0 Å². The number of hydrogen-bond donors (Lipinski definition) is 3. The number of pyridine rings is 1. The number of halogens is 1. The van der Waals surface area contributed by atoms with E-state index in [0.29, 0.717) is 11.4 Å². The SMILES string of the molecule is Cc1ccc(NC(=O)NCC(O)c2ccc(F)cc2)nc1. The second kappa shape index (κ2) is 6.81. The minimum atomic E-state index is -0.901. The number of hydrogen-bond acceptors (Lipinski definition) is 3. The number of rotatable bonds is 4. The van der Waals surface area contributed by atoms with Gasteiger partial charge in [0.05, 0.1) is 6.10 Å². The van der Waals surface area contributed by atoms with E-state index in [9.17, 15) is 14.3 Å². The standard InChI is InChI=1S/C15H16FN3O2/c1-10-2-7-14(17-8-10)19-15(21)18-9-13(20)11-3-5-12(16)6-4-11/h2-8,13,20H,9H2,1H3,(H2,17,18,19,21). The van der Waals surface area contributed by atoms with Crippen molar-refractivity contribution in [3.8, 4) is 0 Å². The summed E-state index contributed by atoms with van der Waals surface area (Å²) in [4.78, 5) is 15.7. The largest absolute Gasteiger partial charge is 0.387 e. The van der Waals surface area contributed by atoms with Crippen molar-refractivity contribution in [1.82, 2.24) is 10.3 Å². The van der Waals surface area contributed by atoms with Gasteiger partial charge in [-0.1, -0.05) is 18.2 Å². The number of aromatic nitrogens is 1. The third-order valence-corrected chi connectivity index (χ3v) is 2.86. The van der Waals surface area contributed by atoms with Gasteiger partial charge in [-0.05, 0) is 36.2 Å². The lowest BCUT2D eigenvalue weighted by Gasteiger charge is -2.12. The van der Waals surface area contributed by atoms with Gasteiger partial charge in [-0.3, -0.25) is 5.32 Å². The molecular formula is C15H16FN3O2. The Labute approximate surface area is 121 Å². The Morgan fingerprint density at radius 3 is 2.62 bits per heavy atom. The van der Waals surface area contributed by atoms with Crippen LogP contribution < -0.4 is 10.6 Å². The molecule has 0 saturated heterocycles. The van der Waals surface area contributed by atoms with Crippen molar-refractivity contribution in [3.05, 3.63) is 59.5 Å². The average molecular weight is 289 g/mol. The van der Waals surface area contributed by atoms with Crippen molar-refractivity contribution >= 4 is 11.8 Å². The monoisotopic (exact) mass is 289 g/mol. The van der Waals surface area contributed by atoms with E-state index in [1.54, 1.807) is 12.3 Å². The molecule has 0 fully saturated rings. The fourth-order valence-electron chi connectivity index (χ4n) is 1.69. The average Bonchev–Trinajstić information content (AvgIpc) is 2.48. The first kappa shape index (κ1) is 14.9. The summed E-state index contributed by atoms with van der Waals surface area (Å²) in [6.45, 7) is 1.92. The van der Waals surface area contributed by atoms with Gasteiger partial charge in [0.15, 0.2) is 0 Å². The highest BCUT2D eigenvalue weighted by molar-refractivity contribution is 5.88. The molecule has 2 amide bonds. The van der Waals surface area contributed by atoms with Crippen molar-refractivity contribution in [3.63, 3.8) is 0 Å². The molecular weight excluding hydrogens is 273 g/mol. The van der Waals surface area contributed by atoms with Crippen LogP contribution in [0.1, 0.15) is 17.2 Å². The van der Waals surface area contributed by atoms with Gasteiger partial charge < -0.3 is 10.4 Å². The number of aryl methyl sites for hydroxylation is 1. The Morgan fingerprint density at radius 1 is 1.29 bits per heavy atom. The molecule has 3 N–H and O–H groups in total. The molecule has 0 radical (unpaired) electrons. The number of amides is 2. The summed E-state index contributed by atoms with van der Waals surface area (Å²) in [7, 11) is 0. The Bertz CT molecular complexity index is 599. The molecule has 0 saturated carbocycles. The topological polar surface area (TPSA) is 74.2 Å². The summed E-state index contributed by atoms with van der Waals surface area (Å²) in [5.74, 6) is 0.0523. The van der Waals surface area contributed by atoms with E-state index in [1.165, 1.54) is 24.3 Å². The summed E-state index contributed by atoms with van der Waals surface area (Å²) in [6.07, 6.45) is 0.741. The van der Waals surface area contributed by atoms with Crippen molar-refractivity contribution in [2.45, 2.75) is 13.0 Å². The van der Waals surface area contributed by atoms with Crippen LogP contribution in [0, 0.1) is 12.7 Å². The van der Waals surface area contributed by atoms with Crippen LogP contribution in [0.5, 0.6) is 0 Å². The van der Waals surface area contributed by atoms with Gasteiger partial charge in [0, 0.05) is 12.7 Å². The first-order valence-electron chi connectivity index (χ1n) is 6.45. The minimum Gasteiger partial charge on any atom is -0.387 e. The predicted molar refractivity (Wildman–Crippen MR) is 77.4 cm³/mol. The number of carbonyl (C=O) groups excluding carboxylic acids is 1. The van der Waals surface area contributed by atoms with E-state index < -0.39 is 12.1 Å². The first-order chi connectivity index (χ1) is 10.0. The molecule has 0 aliphatic rings. The molecule has 21 heavy (non-hydrogen) atoms. The van der Waals surface area contributed by atoms with Crippen LogP contribution in [0.15, 0.2) is 42.6 Å². The number of anilines is 1. The lowest BCUT2D eigenvalue weighted by molar-refractivity contribution is 0.175. The maximum absolute atomic E-state index is 12.8. The summed E-state index contributed by atoms with van der Waals surface area (Å²) in [5.41, 5.74) is 1.53. The van der Waals surface area contributed by atoms with Crippen LogP contribution in [0.3, 0.4) is 0 Å². The maximum atomic E-state index is 12.8. The molecule has 1 heterocycles. The first-order valence-corrected chi connectivity index (χ1v) is 6.45. The zero-order valence-electron chi connectivity index (χ0n) is 11.5. The Kier molecular flexibility index (Phi) is 4.84. The molecule has 5 nitrogen and oxygen atoms in total. The molecule has 0 aliphatic carbocycles. The zero-order chi connectivity index (χ0) is 15.2. The van der Waals surface area contributed by atoms with Crippen molar-refractivity contribution in [1.29, 1.82) is 0 Å². The van der Waals surface area contributed by atoms with Gasteiger partial charge in [0.25, 0.3) is 0 Å². The van der Waals surface area contributed by atoms with Gasteiger partial charge in [0.1, 0.15) is 11.6 Å². The molecule has 110 valence electrons. The second-order valence-corrected chi connectivity index (χ2v) is 4.62. The van der Waals surface area contributed by atoms with E-state index in [2.05, 4.69) is 15.6 Å². The minimum absolute atomic E-state index is 0.0172. The van der Waals surface area contributed by atoms with E-state index in [4.69, 9.17) is 0 Å². The van der Waals surface area contributed by atoms with Gasteiger partial charge >= 0.3 is 6.03 Å². The molecule has 0 aliphatic heterocycles. The zero-order valence-corrected chi connectivity index (χ0v) is 11.5. The molecule has 0 spiro atoms. The lowest BCUT2D eigenvalue weighted by Crippen LogP contribution is -2.32. The Balaban J connectivity index is 1.83. The van der Waals surface area contributed by atoms with Crippen LogP contribution >= 0.6 is 0 Å². The number of nitrogens with zero attached hydrogens (tertiary/aromatic N) is 1. The summed E-state index contributed by atoms with van der Waals surface area (Å²) >= 11 is 0. The summed E-state index contributed by atoms with van der Waals surface area (Å²) in [6, 6.07) is 8.51. The number of aliphatic hydroxyl groups excluding tert-OH is 1. The van der Waals surface area contributed by atoms with Gasteiger partial charge in [0.2, 0.25) is 0 Å². The predicted octanol–water partition coefficient (Wildman–Crippen LogP) is 2.38.